The molecule has 2 fully saturated rings. The molecule has 0 bridgehead atoms. The van der Waals surface area contributed by atoms with Crippen LogP contribution in [0.2, 0.25) is 0 Å². The van der Waals surface area contributed by atoms with Crippen molar-refractivity contribution >= 4 is 10.0 Å². The summed E-state index contributed by atoms with van der Waals surface area (Å²) >= 11 is 0. The Kier molecular flexibility index (Phi) is 4.34. The van der Waals surface area contributed by atoms with E-state index < -0.39 is 15.3 Å². The zero-order valence-electron chi connectivity index (χ0n) is 11.3. The van der Waals surface area contributed by atoms with Gasteiger partial charge in [-0.25, -0.2) is 12.7 Å². The van der Waals surface area contributed by atoms with Crippen molar-refractivity contribution in [3.63, 3.8) is 0 Å². The van der Waals surface area contributed by atoms with E-state index in [9.17, 15) is 8.42 Å². The van der Waals surface area contributed by atoms with Crippen molar-refractivity contribution in [3.05, 3.63) is 0 Å². The molecule has 106 valence electrons. The Morgan fingerprint density at radius 1 is 1.11 bits per heavy atom. The minimum absolute atomic E-state index is 0.288. The summed E-state index contributed by atoms with van der Waals surface area (Å²) in [4.78, 5) is 0. The van der Waals surface area contributed by atoms with E-state index in [1.807, 2.05) is 0 Å². The van der Waals surface area contributed by atoms with Crippen LogP contribution in [0.5, 0.6) is 0 Å². The van der Waals surface area contributed by atoms with Crippen molar-refractivity contribution in [1.29, 1.82) is 0 Å². The molecule has 0 aromatic carbocycles. The molecule has 1 unspecified atom stereocenters. The van der Waals surface area contributed by atoms with Crippen molar-refractivity contribution in [2.24, 2.45) is 5.41 Å². The summed E-state index contributed by atoms with van der Waals surface area (Å²) in [7, 11) is -3.28. The van der Waals surface area contributed by atoms with Gasteiger partial charge in [0.15, 0.2) is 0 Å². The number of hydrogen-bond donors (Lipinski definition) is 1. The Bertz CT molecular complexity index is 364. The molecule has 0 aromatic heterocycles. The highest BCUT2D eigenvalue weighted by atomic mass is 32.2. The molecule has 1 aliphatic carbocycles. The summed E-state index contributed by atoms with van der Waals surface area (Å²) in [6.07, 6.45) is 8.51. The van der Waals surface area contributed by atoms with E-state index in [1.54, 1.807) is 11.2 Å². The summed E-state index contributed by atoms with van der Waals surface area (Å²) in [5.74, 6) is 0. The van der Waals surface area contributed by atoms with Crippen molar-refractivity contribution in [2.45, 2.75) is 57.1 Å². The molecule has 0 radical (unpaired) electrons. The van der Waals surface area contributed by atoms with Crippen LogP contribution in [0.25, 0.3) is 0 Å². The summed E-state index contributed by atoms with van der Waals surface area (Å²) in [6, 6.07) is 0. The lowest BCUT2D eigenvalue weighted by atomic mass is 9.68. The second-order valence-electron chi connectivity index (χ2n) is 6.00. The van der Waals surface area contributed by atoms with E-state index in [0.717, 1.165) is 12.8 Å². The van der Waals surface area contributed by atoms with Gasteiger partial charge in [-0.1, -0.05) is 19.3 Å². The molecule has 1 heterocycles. The van der Waals surface area contributed by atoms with E-state index in [0.29, 0.717) is 18.5 Å². The van der Waals surface area contributed by atoms with Crippen LogP contribution in [0.15, 0.2) is 0 Å². The number of aliphatic hydroxyl groups is 1. The van der Waals surface area contributed by atoms with E-state index in [2.05, 4.69) is 0 Å². The fourth-order valence-electron chi connectivity index (χ4n) is 3.37. The molecular weight excluding hydrogens is 250 g/mol. The Labute approximate surface area is 110 Å². The van der Waals surface area contributed by atoms with Gasteiger partial charge >= 0.3 is 0 Å². The van der Waals surface area contributed by atoms with Gasteiger partial charge in [-0.05, 0) is 38.0 Å². The third-order valence-corrected chi connectivity index (χ3v) is 7.07. The lowest BCUT2D eigenvalue weighted by molar-refractivity contribution is 0.102. The molecule has 4 nitrogen and oxygen atoms in total. The molecule has 2 rings (SSSR count). The molecule has 1 saturated carbocycles. The van der Waals surface area contributed by atoms with Gasteiger partial charge in [-0.3, -0.25) is 0 Å². The lowest BCUT2D eigenvalue weighted by Crippen LogP contribution is -2.47. The zero-order valence-corrected chi connectivity index (χ0v) is 12.1. The Morgan fingerprint density at radius 3 is 2.17 bits per heavy atom. The largest absolute Gasteiger partial charge is 0.395 e. The van der Waals surface area contributed by atoms with Gasteiger partial charge in [0.25, 0.3) is 0 Å². The highest BCUT2D eigenvalue weighted by Crippen LogP contribution is 2.44. The Morgan fingerprint density at radius 2 is 1.67 bits per heavy atom. The van der Waals surface area contributed by atoms with Crippen molar-refractivity contribution in [1.82, 2.24) is 4.31 Å². The molecule has 1 N–H and O–H groups in total. The summed E-state index contributed by atoms with van der Waals surface area (Å²) in [5.41, 5.74) is 0.423. The highest BCUT2D eigenvalue weighted by Gasteiger charge is 2.39. The van der Waals surface area contributed by atoms with Gasteiger partial charge in [0.1, 0.15) is 0 Å². The summed E-state index contributed by atoms with van der Waals surface area (Å²) < 4.78 is 25.9. The molecule has 1 spiro atoms. The Balaban J connectivity index is 1.98. The average Bonchev–Trinajstić information content (AvgIpc) is 2.39. The van der Waals surface area contributed by atoms with Gasteiger partial charge in [0.2, 0.25) is 10.0 Å². The SMILES string of the molecule is CC(CO)S(=O)(=O)N1CCC2(CCCCC2)CC1. The molecule has 1 atom stereocenters. The van der Waals surface area contributed by atoms with Crippen LogP contribution in [0.4, 0.5) is 0 Å². The first-order chi connectivity index (χ1) is 8.50. The maximum Gasteiger partial charge on any atom is 0.218 e. The van der Waals surface area contributed by atoms with Gasteiger partial charge < -0.3 is 5.11 Å². The fraction of sp³-hybridized carbons (Fsp3) is 1.00. The van der Waals surface area contributed by atoms with Crippen LogP contribution in [0.1, 0.15) is 51.9 Å². The van der Waals surface area contributed by atoms with E-state index >= 15 is 0 Å². The minimum atomic E-state index is -3.28. The maximum atomic E-state index is 12.2. The van der Waals surface area contributed by atoms with Crippen LogP contribution in [0, 0.1) is 5.41 Å². The van der Waals surface area contributed by atoms with Crippen LogP contribution < -0.4 is 0 Å². The maximum absolute atomic E-state index is 12.2. The molecule has 0 aromatic rings. The standard InChI is InChI=1S/C13H25NO3S/c1-12(11-15)18(16,17)14-9-7-13(8-10-14)5-3-2-4-6-13/h12,15H,2-11H2,1H3. The first kappa shape index (κ1) is 14.3. The quantitative estimate of drug-likeness (QED) is 0.853. The number of piperidine rings is 1. The van der Waals surface area contributed by atoms with Crippen molar-refractivity contribution < 1.29 is 13.5 Å². The normalized spacial score (nSPS) is 27.2. The van der Waals surface area contributed by atoms with Crippen LogP contribution >= 0.6 is 0 Å². The number of nitrogens with zero attached hydrogens (tertiary/aromatic N) is 1. The van der Waals surface area contributed by atoms with Crippen molar-refractivity contribution in [3.8, 4) is 0 Å². The summed E-state index contributed by atoms with van der Waals surface area (Å²) in [5, 5.41) is 8.37. The average molecular weight is 275 g/mol. The van der Waals surface area contributed by atoms with Gasteiger partial charge in [0, 0.05) is 13.1 Å². The van der Waals surface area contributed by atoms with Gasteiger partial charge in [-0.2, -0.15) is 0 Å². The minimum Gasteiger partial charge on any atom is -0.395 e. The van der Waals surface area contributed by atoms with Gasteiger partial charge in [-0.15, -0.1) is 0 Å². The molecule has 18 heavy (non-hydrogen) atoms. The monoisotopic (exact) mass is 275 g/mol. The number of aliphatic hydroxyl groups excluding tert-OH is 1. The van der Waals surface area contributed by atoms with E-state index in [4.69, 9.17) is 5.11 Å². The molecular formula is C13H25NO3S. The van der Waals surface area contributed by atoms with Crippen LogP contribution in [0.3, 0.4) is 0 Å². The molecule has 2 aliphatic rings. The smallest absolute Gasteiger partial charge is 0.218 e. The number of sulfonamides is 1. The van der Waals surface area contributed by atoms with Crippen LogP contribution in [-0.2, 0) is 10.0 Å². The number of rotatable bonds is 3. The molecule has 5 heteroatoms. The van der Waals surface area contributed by atoms with Crippen LogP contribution in [-0.4, -0.2) is 42.8 Å². The molecule has 1 aliphatic heterocycles. The van der Waals surface area contributed by atoms with E-state index in [-0.39, 0.29) is 6.61 Å². The lowest BCUT2D eigenvalue weighted by Gasteiger charge is -2.44. The second-order valence-corrected chi connectivity index (χ2v) is 8.35. The first-order valence-electron chi connectivity index (χ1n) is 7.10. The first-order valence-corrected chi connectivity index (χ1v) is 8.60. The fourth-order valence-corrected chi connectivity index (χ4v) is 4.75. The zero-order chi connectivity index (χ0) is 13.2. The Hall–Kier alpha value is -0.130. The topological polar surface area (TPSA) is 57.6 Å². The summed E-state index contributed by atoms with van der Waals surface area (Å²) in [6.45, 7) is 2.59. The second kappa shape index (κ2) is 5.47. The van der Waals surface area contributed by atoms with E-state index in [1.165, 1.54) is 32.1 Å². The third kappa shape index (κ3) is 2.73. The third-order valence-electron chi connectivity index (χ3n) is 4.82. The highest BCUT2D eigenvalue weighted by molar-refractivity contribution is 7.89. The molecule has 0 amide bonds. The predicted octanol–water partition coefficient (Wildman–Crippen LogP) is 1.74. The predicted molar refractivity (Wildman–Crippen MR) is 71.8 cm³/mol. The number of hydrogen-bond acceptors (Lipinski definition) is 3. The molecule has 1 saturated heterocycles. The van der Waals surface area contributed by atoms with Crippen molar-refractivity contribution in [2.75, 3.05) is 19.7 Å². The van der Waals surface area contributed by atoms with Gasteiger partial charge in [0.05, 0.1) is 11.9 Å².